The molecular weight excluding hydrogens is 306 g/mol. The summed E-state index contributed by atoms with van der Waals surface area (Å²) >= 11 is 0. The zero-order valence-corrected chi connectivity index (χ0v) is 13.3. The Balaban J connectivity index is 1.99. The molecule has 1 aliphatic rings. The lowest BCUT2D eigenvalue weighted by atomic mass is 10.0. The first-order valence-electron chi connectivity index (χ1n) is 7.81. The molecule has 2 amide bonds. The van der Waals surface area contributed by atoms with E-state index in [1.165, 1.54) is 0 Å². The van der Waals surface area contributed by atoms with Crippen LogP contribution in [0, 0.1) is 0 Å². The zero-order valence-electron chi connectivity index (χ0n) is 13.3. The number of hydrogen-bond acceptors (Lipinski definition) is 4. The van der Waals surface area contributed by atoms with E-state index < -0.39 is 12.0 Å². The first kappa shape index (κ1) is 15.9. The molecule has 0 saturated carbocycles. The van der Waals surface area contributed by atoms with Crippen molar-refractivity contribution in [1.29, 1.82) is 0 Å². The molecule has 1 heterocycles. The van der Waals surface area contributed by atoms with Gasteiger partial charge in [-0.25, -0.2) is 0 Å². The van der Waals surface area contributed by atoms with Crippen LogP contribution in [0.15, 0.2) is 54.6 Å². The number of benzene rings is 2. The molecule has 5 heteroatoms. The Morgan fingerprint density at radius 1 is 0.958 bits per heavy atom. The van der Waals surface area contributed by atoms with E-state index in [0.29, 0.717) is 11.1 Å². The van der Waals surface area contributed by atoms with E-state index in [2.05, 4.69) is 0 Å². The number of ether oxygens (including phenoxy) is 1. The molecule has 0 aromatic heterocycles. The minimum absolute atomic E-state index is 0.0661. The van der Waals surface area contributed by atoms with Gasteiger partial charge in [0.2, 0.25) is 0 Å². The Morgan fingerprint density at radius 2 is 1.50 bits per heavy atom. The van der Waals surface area contributed by atoms with Crippen LogP contribution in [-0.2, 0) is 9.53 Å². The first-order chi connectivity index (χ1) is 11.6. The maximum absolute atomic E-state index is 12.7. The Hall–Kier alpha value is -2.95. The van der Waals surface area contributed by atoms with Gasteiger partial charge in [-0.05, 0) is 24.6 Å². The summed E-state index contributed by atoms with van der Waals surface area (Å²) in [6.45, 7) is 1.97. The summed E-state index contributed by atoms with van der Waals surface area (Å²) in [7, 11) is 0. The van der Waals surface area contributed by atoms with Crippen molar-refractivity contribution in [2.45, 2.75) is 19.4 Å². The van der Waals surface area contributed by atoms with Crippen molar-refractivity contribution in [2.24, 2.45) is 0 Å². The third-order valence-electron chi connectivity index (χ3n) is 3.99. The van der Waals surface area contributed by atoms with E-state index in [-0.39, 0.29) is 24.8 Å². The molecule has 2 aromatic rings. The highest BCUT2D eigenvalue weighted by atomic mass is 16.5. The van der Waals surface area contributed by atoms with Crippen LogP contribution in [0.4, 0.5) is 0 Å². The van der Waals surface area contributed by atoms with E-state index in [4.69, 9.17) is 4.74 Å². The van der Waals surface area contributed by atoms with Gasteiger partial charge >= 0.3 is 5.97 Å². The second-order valence-electron chi connectivity index (χ2n) is 5.46. The number of amides is 2. The van der Waals surface area contributed by atoms with Crippen LogP contribution < -0.4 is 0 Å². The molecule has 0 spiro atoms. The minimum Gasteiger partial charge on any atom is -0.466 e. The van der Waals surface area contributed by atoms with Gasteiger partial charge in [-0.1, -0.05) is 42.5 Å². The van der Waals surface area contributed by atoms with Crippen molar-refractivity contribution in [2.75, 3.05) is 6.61 Å². The third-order valence-corrected chi connectivity index (χ3v) is 3.99. The summed E-state index contributed by atoms with van der Waals surface area (Å²) in [4.78, 5) is 38.6. The van der Waals surface area contributed by atoms with E-state index >= 15 is 0 Å². The van der Waals surface area contributed by atoms with E-state index in [0.717, 1.165) is 10.5 Å². The second-order valence-corrected chi connectivity index (χ2v) is 5.46. The predicted octanol–water partition coefficient (Wildman–Crippen LogP) is 2.98. The van der Waals surface area contributed by atoms with Crippen LogP contribution in [0.5, 0.6) is 0 Å². The monoisotopic (exact) mass is 323 g/mol. The van der Waals surface area contributed by atoms with Crippen molar-refractivity contribution in [1.82, 2.24) is 4.90 Å². The summed E-state index contributed by atoms with van der Waals surface area (Å²) in [5, 5.41) is 0. The minimum atomic E-state index is -0.683. The molecule has 0 N–H and O–H groups in total. The van der Waals surface area contributed by atoms with Gasteiger partial charge in [0, 0.05) is 0 Å². The Labute approximate surface area is 139 Å². The highest BCUT2D eigenvalue weighted by molar-refractivity contribution is 6.21. The van der Waals surface area contributed by atoms with E-state index in [1.807, 2.05) is 18.2 Å². The lowest BCUT2D eigenvalue weighted by Gasteiger charge is -2.26. The van der Waals surface area contributed by atoms with Crippen LogP contribution in [0.1, 0.15) is 45.7 Å². The molecule has 3 rings (SSSR count). The fourth-order valence-corrected chi connectivity index (χ4v) is 2.90. The molecule has 24 heavy (non-hydrogen) atoms. The Kier molecular flexibility index (Phi) is 4.42. The molecule has 0 fully saturated rings. The highest BCUT2D eigenvalue weighted by Gasteiger charge is 2.41. The molecule has 2 aromatic carbocycles. The molecule has 1 atom stereocenters. The van der Waals surface area contributed by atoms with Crippen LogP contribution in [0.3, 0.4) is 0 Å². The normalized spacial score (nSPS) is 14.5. The fourth-order valence-electron chi connectivity index (χ4n) is 2.90. The van der Waals surface area contributed by atoms with Gasteiger partial charge < -0.3 is 4.74 Å². The molecular formula is C19H17NO4. The zero-order chi connectivity index (χ0) is 17.1. The first-order valence-corrected chi connectivity index (χ1v) is 7.81. The molecule has 0 radical (unpaired) electrons. The number of carbonyl (C=O) groups excluding carboxylic acids is 3. The van der Waals surface area contributed by atoms with Gasteiger partial charge in [-0.15, -0.1) is 0 Å². The highest BCUT2D eigenvalue weighted by Crippen LogP contribution is 2.33. The fraction of sp³-hybridized carbons (Fsp3) is 0.211. The average molecular weight is 323 g/mol. The topological polar surface area (TPSA) is 63.7 Å². The van der Waals surface area contributed by atoms with Gasteiger partial charge in [0.1, 0.15) is 0 Å². The quantitative estimate of drug-likeness (QED) is 0.627. The molecule has 1 aliphatic heterocycles. The molecule has 0 aliphatic carbocycles. The summed E-state index contributed by atoms with van der Waals surface area (Å²) in [5.41, 5.74) is 1.46. The SMILES string of the molecule is CCOC(=O)CC(c1ccccc1)N1C(=O)c2ccccc2C1=O. The molecule has 122 valence electrons. The maximum atomic E-state index is 12.7. The molecule has 0 bridgehead atoms. The van der Waals surface area contributed by atoms with Crippen LogP contribution in [-0.4, -0.2) is 29.3 Å². The van der Waals surface area contributed by atoms with E-state index in [1.54, 1.807) is 43.3 Å². The van der Waals surface area contributed by atoms with Gasteiger partial charge in [-0.3, -0.25) is 19.3 Å². The number of rotatable bonds is 5. The number of nitrogens with zero attached hydrogens (tertiary/aromatic N) is 1. The lowest BCUT2D eigenvalue weighted by Crippen LogP contribution is -2.35. The number of carbonyl (C=O) groups is 3. The van der Waals surface area contributed by atoms with Gasteiger partial charge in [0.15, 0.2) is 0 Å². The maximum Gasteiger partial charge on any atom is 0.308 e. The lowest BCUT2D eigenvalue weighted by molar-refractivity contribution is -0.144. The van der Waals surface area contributed by atoms with Gasteiger partial charge in [0.05, 0.1) is 30.2 Å². The Morgan fingerprint density at radius 3 is 2.04 bits per heavy atom. The van der Waals surface area contributed by atoms with Gasteiger partial charge in [-0.2, -0.15) is 0 Å². The van der Waals surface area contributed by atoms with Crippen LogP contribution in [0.2, 0.25) is 0 Å². The molecule has 0 saturated heterocycles. The second kappa shape index (κ2) is 6.66. The third kappa shape index (κ3) is 2.80. The van der Waals surface area contributed by atoms with Gasteiger partial charge in [0.25, 0.3) is 11.8 Å². The summed E-state index contributed by atoms with van der Waals surface area (Å²) in [6, 6.07) is 15.1. The van der Waals surface area contributed by atoms with Crippen molar-refractivity contribution < 1.29 is 19.1 Å². The number of hydrogen-bond donors (Lipinski definition) is 0. The summed E-state index contributed by atoms with van der Waals surface area (Å²) < 4.78 is 5.01. The van der Waals surface area contributed by atoms with E-state index in [9.17, 15) is 14.4 Å². The summed E-state index contributed by atoms with van der Waals surface area (Å²) in [6.07, 6.45) is -0.0661. The number of fused-ring (bicyclic) bond motifs is 1. The van der Waals surface area contributed by atoms with Crippen molar-refractivity contribution in [3.05, 3.63) is 71.3 Å². The largest absolute Gasteiger partial charge is 0.466 e. The smallest absolute Gasteiger partial charge is 0.308 e. The Bertz CT molecular complexity index is 750. The predicted molar refractivity (Wildman–Crippen MR) is 87.4 cm³/mol. The van der Waals surface area contributed by atoms with Crippen molar-refractivity contribution in [3.8, 4) is 0 Å². The van der Waals surface area contributed by atoms with Crippen LogP contribution >= 0.6 is 0 Å². The standard InChI is InChI=1S/C19H17NO4/c1-2-24-17(21)12-16(13-8-4-3-5-9-13)20-18(22)14-10-6-7-11-15(14)19(20)23/h3-11,16H,2,12H2,1H3. The molecule has 5 nitrogen and oxygen atoms in total. The average Bonchev–Trinajstić information content (AvgIpc) is 2.86. The van der Waals surface area contributed by atoms with Crippen molar-refractivity contribution in [3.63, 3.8) is 0 Å². The number of imide groups is 1. The molecule has 1 unspecified atom stereocenters. The summed E-state index contributed by atoms with van der Waals surface area (Å²) in [5.74, 6) is -1.20. The van der Waals surface area contributed by atoms with Crippen LogP contribution in [0.25, 0.3) is 0 Å². The van der Waals surface area contributed by atoms with Crippen molar-refractivity contribution >= 4 is 17.8 Å². The number of esters is 1.